The van der Waals surface area contributed by atoms with Crippen LogP contribution in [0.1, 0.15) is 52.0 Å². The summed E-state index contributed by atoms with van der Waals surface area (Å²) in [4.78, 5) is 26.0. The summed E-state index contributed by atoms with van der Waals surface area (Å²) in [6.45, 7) is 9.77. The van der Waals surface area contributed by atoms with Crippen molar-refractivity contribution >= 4 is 28.3 Å². The van der Waals surface area contributed by atoms with Gasteiger partial charge in [0, 0.05) is 25.9 Å². The van der Waals surface area contributed by atoms with Gasteiger partial charge in [-0.15, -0.1) is 10.2 Å². The van der Waals surface area contributed by atoms with Crippen LogP contribution in [0, 0.1) is 11.3 Å². The lowest BCUT2D eigenvalue weighted by atomic mass is 9.93. The van der Waals surface area contributed by atoms with Gasteiger partial charge in [0.05, 0.1) is 5.92 Å². The number of carbonyl (C=O) groups is 2. The Bertz CT molecular complexity index is 565. The lowest BCUT2D eigenvalue weighted by Crippen LogP contribution is -2.29. The highest BCUT2D eigenvalue weighted by Crippen LogP contribution is 2.26. The number of carbonyl (C=O) groups excluding carboxylic acids is 2. The van der Waals surface area contributed by atoms with E-state index < -0.39 is 0 Å². The van der Waals surface area contributed by atoms with Crippen molar-refractivity contribution in [2.24, 2.45) is 11.3 Å². The molecule has 0 bridgehead atoms. The van der Waals surface area contributed by atoms with Gasteiger partial charge in [0.15, 0.2) is 0 Å². The second-order valence-corrected chi connectivity index (χ2v) is 8.38. The molecule has 2 amide bonds. The number of aromatic nitrogens is 2. The van der Waals surface area contributed by atoms with Crippen molar-refractivity contribution in [1.29, 1.82) is 0 Å². The van der Waals surface area contributed by atoms with Crippen LogP contribution in [0.15, 0.2) is 0 Å². The predicted molar refractivity (Wildman–Crippen MR) is 91.3 cm³/mol. The third kappa shape index (κ3) is 5.27. The monoisotopic (exact) mass is 338 g/mol. The first kappa shape index (κ1) is 17.8. The zero-order valence-corrected chi connectivity index (χ0v) is 15.2. The van der Waals surface area contributed by atoms with Crippen molar-refractivity contribution in [2.45, 2.75) is 53.4 Å². The van der Waals surface area contributed by atoms with E-state index in [-0.39, 0.29) is 23.1 Å². The van der Waals surface area contributed by atoms with Crippen LogP contribution in [0.2, 0.25) is 0 Å². The maximum Gasteiger partial charge on any atom is 0.231 e. The molecule has 2 rings (SSSR count). The lowest BCUT2D eigenvalue weighted by Gasteiger charge is -2.15. The highest BCUT2D eigenvalue weighted by Gasteiger charge is 2.34. The molecule has 1 aliphatic heterocycles. The minimum atomic E-state index is -0.283. The van der Waals surface area contributed by atoms with Gasteiger partial charge in [-0.25, -0.2) is 0 Å². The number of unbranched alkanes of at least 4 members (excludes halogenated alkanes) is 1. The molecule has 1 atom stereocenters. The lowest BCUT2D eigenvalue weighted by molar-refractivity contribution is -0.128. The summed E-state index contributed by atoms with van der Waals surface area (Å²) >= 11 is 1.41. The summed E-state index contributed by atoms with van der Waals surface area (Å²) in [5.41, 5.74) is 0.137. The number of nitrogens with zero attached hydrogens (tertiary/aromatic N) is 3. The Hall–Kier alpha value is -1.50. The van der Waals surface area contributed by atoms with E-state index in [0.717, 1.165) is 30.8 Å². The van der Waals surface area contributed by atoms with Crippen LogP contribution in [0.3, 0.4) is 0 Å². The summed E-state index contributed by atoms with van der Waals surface area (Å²) in [6, 6.07) is 0. The molecule has 1 saturated heterocycles. The Morgan fingerprint density at radius 1 is 1.39 bits per heavy atom. The molecule has 2 heterocycles. The molecule has 1 N–H and O–H groups in total. The van der Waals surface area contributed by atoms with Crippen LogP contribution < -0.4 is 5.32 Å². The molecule has 7 heteroatoms. The average molecular weight is 338 g/mol. The maximum absolute atomic E-state index is 12.3. The fourth-order valence-electron chi connectivity index (χ4n) is 2.55. The van der Waals surface area contributed by atoms with E-state index in [9.17, 15) is 9.59 Å². The minimum Gasteiger partial charge on any atom is -0.342 e. The molecule has 0 spiro atoms. The molecular weight excluding hydrogens is 312 g/mol. The van der Waals surface area contributed by atoms with Gasteiger partial charge in [0.25, 0.3) is 0 Å². The minimum absolute atomic E-state index is 0.0734. The summed E-state index contributed by atoms with van der Waals surface area (Å²) in [7, 11) is 0. The topological polar surface area (TPSA) is 75.2 Å². The maximum atomic E-state index is 12.3. The van der Waals surface area contributed by atoms with Crippen molar-refractivity contribution in [2.75, 3.05) is 18.4 Å². The molecule has 1 fully saturated rings. The number of likely N-dealkylation sites (tertiary alicyclic amines) is 1. The first-order valence-electron chi connectivity index (χ1n) is 8.19. The summed E-state index contributed by atoms with van der Waals surface area (Å²) in [6.07, 6.45) is 3.14. The molecule has 0 saturated carbocycles. The van der Waals surface area contributed by atoms with E-state index in [1.54, 1.807) is 4.90 Å². The van der Waals surface area contributed by atoms with Crippen molar-refractivity contribution in [3.05, 3.63) is 5.01 Å². The molecule has 6 nitrogen and oxygen atoms in total. The predicted octanol–water partition coefficient (Wildman–Crippen LogP) is 2.71. The Morgan fingerprint density at radius 2 is 2.13 bits per heavy atom. The van der Waals surface area contributed by atoms with Crippen molar-refractivity contribution in [1.82, 2.24) is 15.1 Å². The number of amides is 2. The Labute approximate surface area is 141 Å². The number of hydrogen-bond acceptors (Lipinski definition) is 5. The van der Waals surface area contributed by atoms with Crippen LogP contribution in [-0.4, -0.2) is 40.0 Å². The second kappa shape index (κ2) is 7.38. The van der Waals surface area contributed by atoms with Gasteiger partial charge in [-0.2, -0.15) is 0 Å². The molecule has 0 unspecified atom stereocenters. The first-order valence-corrected chi connectivity index (χ1v) is 9.01. The standard InChI is InChI=1S/C16H26N4O2S/c1-5-6-7-20-10-11(8-13(20)21)14(22)17-15-19-18-12(23-15)9-16(2,3)4/h11H,5-10H2,1-4H3,(H,17,19,22)/t11-/m1/s1. The van der Waals surface area contributed by atoms with Crippen LogP contribution in [0.4, 0.5) is 5.13 Å². The Balaban J connectivity index is 1.89. The highest BCUT2D eigenvalue weighted by atomic mass is 32.1. The van der Waals surface area contributed by atoms with E-state index in [4.69, 9.17) is 0 Å². The second-order valence-electron chi connectivity index (χ2n) is 7.32. The van der Waals surface area contributed by atoms with Gasteiger partial charge in [-0.3, -0.25) is 9.59 Å². The molecule has 23 heavy (non-hydrogen) atoms. The van der Waals surface area contributed by atoms with E-state index in [2.05, 4.69) is 43.2 Å². The number of nitrogens with one attached hydrogen (secondary N) is 1. The third-order valence-electron chi connectivity index (χ3n) is 3.75. The van der Waals surface area contributed by atoms with Gasteiger partial charge in [0.1, 0.15) is 5.01 Å². The summed E-state index contributed by atoms with van der Waals surface area (Å²) in [5.74, 6) is -0.339. The molecule has 1 aromatic rings. The number of anilines is 1. The van der Waals surface area contributed by atoms with Gasteiger partial charge >= 0.3 is 0 Å². The molecule has 1 aliphatic rings. The molecule has 0 aliphatic carbocycles. The largest absolute Gasteiger partial charge is 0.342 e. The van der Waals surface area contributed by atoms with Crippen LogP contribution in [-0.2, 0) is 16.0 Å². The number of hydrogen-bond donors (Lipinski definition) is 1. The van der Waals surface area contributed by atoms with Crippen LogP contribution in [0.5, 0.6) is 0 Å². The van der Waals surface area contributed by atoms with Gasteiger partial charge < -0.3 is 10.2 Å². The molecule has 0 radical (unpaired) electrons. The fraction of sp³-hybridized carbons (Fsp3) is 0.750. The van der Waals surface area contributed by atoms with Gasteiger partial charge in [0.2, 0.25) is 16.9 Å². The third-order valence-corrected chi connectivity index (χ3v) is 4.58. The molecular formula is C16H26N4O2S. The first-order chi connectivity index (χ1) is 10.8. The van der Waals surface area contributed by atoms with Crippen LogP contribution >= 0.6 is 11.3 Å². The normalized spacial score (nSPS) is 18.5. The average Bonchev–Trinajstić information content (AvgIpc) is 3.01. The fourth-order valence-corrected chi connectivity index (χ4v) is 3.59. The van der Waals surface area contributed by atoms with Crippen molar-refractivity contribution in [3.8, 4) is 0 Å². The number of rotatable bonds is 6. The molecule has 1 aromatic heterocycles. The Morgan fingerprint density at radius 3 is 2.78 bits per heavy atom. The van der Waals surface area contributed by atoms with Crippen LogP contribution in [0.25, 0.3) is 0 Å². The van der Waals surface area contributed by atoms with E-state index in [1.807, 2.05) is 0 Å². The van der Waals surface area contributed by atoms with Gasteiger partial charge in [-0.05, 0) is 11.8 Å². The highest BCUT2D eigenvalue weighted by molar-refractivity contribution is 7.15. The molecule has 0 aromatic carbocycles. The molecule has 128 valence electrons. The van der Waals surface area contributed by atoms with Crippen molar-refractivity contribution < 1.29 is 9.59 Å². The zero-order valence-electron chi connectivity index (χ0n) is 14.4. The summed E-state index contributed by atoms with van der Waals surface area (Å²) < 4.78 is 0. The van der Waals surface area contributed by atoms with Crippen molar-refractivity contribution in [3.63, 3.8) is 0 Å². The van der Waals surface area contributed by atoms with E-state index in [0.29, 0.717) is 18.1 Å². The SMILES string of the molecule is CCCCN1C[C@H](C(=O)Nc2nnc(CC(C)(C)C)s2)CC1=O. The zero-order chi connectivity index (χ0) is 17.0. The van der Waals surface area contributed by atoms with E-state index in [1.165, 1.54) is 11.3 Å². The van der Waals surface area contributed by atoms with E-state index >= 15 is 0 Å². The smallest absolute Gasteiger partial charge is 0.231 e. The van der Waals surface area contributed by atoms with Gasteiger partial charge in [-0.1, -0.05) is 45.5 Å². The summed E-state index contributed by atoms with van der Waals surface area (Å²) in [5, 5.41) is 12.4. The quantitative estimate of drug-likeness (QED) is 0.865. The Kier molecular flexibility index (Phi) is 5.73.